The molecule has 1 aromatic rings. The number of amides is 1. The number of sulfonamides is 1. The number of anilines is 1. The Bertz CT molecular complexity index is 614. The third-order valence-electron chi connectivity index (χ3n) is 2.95. The summed E-state index contributed by atoms with van der Waals surface area (Å²) >= 11 is 0. The van der Waals surface area contributed by atoms with E-state index < -0.39 is 15.9 Å². The molecule has 0 heterocycles. The maximum atomic E-state index is 12.3. The summed E-state index contributed by atoms with van der Waals surface area (Å²) in [6.07, 6.45) is 0.672. The van der Waals surface area contributed by atoms with E-state index in [9.17, 15) is 13.2 Å². The van der Waals surface area contributed by atoms with Gasteiger partial charge in [0.2, 0.25) is 15.9 Å². The molecule has 0 radical (unpaired) electrons. The molecule has 0 aliphatic heterocycles. The van der Waals surface area contributed by atoms with Gasteiger partial charge in [-0.1, -0.05) is 0 Å². The molecule has 0 saturated heterocycles. The first-order valence-corrected chi connectivity index (χ1v) is 7.98. The average Bonchev–Trinajstić information content (AvgIpc) is 2.35. The van der Waals surface area contributed by atoms with E-state index >= 15 is 0 Å². The molecule has 8 heteroatoms. The number of hydrogen-bond donors (Lipinski definition) is 3. The summed E-state index contributed by atoms with van der Waals surface area (Å²) in [6, 6.07) is 3.67. The number of hydrogen-bond acceptors (Lipinski definition) is 5. The van der Waals surface area contributed by atoms with E-state index in [0.29, 0.717) is 6.42 Å². The highest BCUT2D eigenvalue weighted by Crippen LogP contribution is 2.20. The number of nitrogens with two attached hydrogens (primary N) is 2. The molecule has 1 amide bonds. The quantitative estimate of drug-likeness (QED) is 0.611. The monoisotopic (exact) mass is 314 g/mol. The van der Waals surface area contributed by atoms with Gasteiger partial charge >= 0.3 is 0 Å². The van der Waals surface area contributed by atoms with Crippen LogP contribution in [0.3, 0.4) is 0 Å². The first-order valence-electron chi connectivity index (χ1n) is 6.50. The summed E-state index contributed by atoms with van der Waals surface area (Å²) < 4.78 is 27.1. The van der Waals surface area contributed by atoms with Gasteiger partial charge in [-0.25, -0.2) is 13.1 Å². The van der Waals surface area contributed by atoms with Crippen LogP contribution in [0, 0.1) is 0 Å². The summed E-state index contributed by atoms with van der Waals surface area (Å²) in [7, 11) is 0.111. The minimum atomic E-state index is -3.73. The molecular weight excluding hydrogens is 292 g/mol. The lowest BCUT2D eigenvalue weighted by atomic mass is 10.2. The number of nitrogens with zero attached hydrogens (tertiary/aromatic N) is 1. The van der Waals surface area contributed by atoms with Gasteiger partial charge in [0.25, 0.3) is 0 Å². The fourth-order valence-corrected chi connectivity index (χ4v) is 3.18. The van der Waals surface area contributed by atoms with E-state index in [-0.39, 0.29) is 22.2 Å². The molecule has 0 spiro atoms. The lowest BCUT2D eigenvalue weighted by molar-refractivity contribution is 0.1000. The van der Waals surface area contributed by atoms with Crippen molar-refractivity contribution in [3.63, 3.8) is 0 Å². The standard InChI is InChI=1S/C13H22N4O3S/c1-9(6-7-17(2)3)16-21(19,20)12-5-4-10(13(15)18)8-11(12)14/h4-5,8-9,16H,6-7,14H2,1-3H3,(H2,15,18). The highest BCUT2D eigenvalue weighted by Gasteiger charge is 2.20. The molecule has 1 atom stereocenters. The number of nitrogen functional groups attached to an aromatic ring is 1. The largest absolute Gasteiger partial charge is 0.398 e. The van der Waals surface area contributed by atoms with Gasteiger partial charge in [0.15, 0.2) is 0 Å². The van der Waals surface area contributed by atoms with Crippen LogP contribution in [-0.2, 0) is 10.0 Å². The van der Waals surface area contributed by atoms with Gasteiger partial charge in [0.1, 0.15) is 4.90 Å². The Morgan fingerprint density at radius 3 is 2.48 bits per heavy atom. The second-order valence-electron chi connectivity index (χ2n) is 5.23. The molecule has 1 rings (SSSR count). The van der Waals surface area contributed by atoms with Crippen molar-refractivity contribution in [2.45, 2.75) is 24.3 Å². The van der Waals surface area contributed by atoms with Crippen LogP contribution in [0.15, 0.2) is 23.1 Å². The molecular formula is C13H22N4O3S. The van der Waals surface area contributed by atoms with Crippen LogP contribution < -0.4 is 16.2 Å². The minimum absolute atomic E-state index is 0.00129. The zero-order valence-electron chi connectivity index (χ0n) is 12.5. The predicted octanol–water partition coefficient (Wildman–Crippen LogP) is -0.0138. The van der Waals surface area contributed by atoms with Gasteiger partial charge in [-0.15, -0.1) is 0 Å². The molecule has 7 nitrogen and oxygen atoms in total. The molecule has 0 bridgehead atoms. The van der Waals surface area contributed by atoms with Gasteiger partial charge in [0.05, 0.1) is 5.69 Å². The summed E-state index contributed by atoms with van der Waals surface area (Å²) in [5, 5.41) is 0. The van der Waals surface area contributed by atoms with Crippen LogP contribution in [0.1, 0.15) is 23.7 Å². The molecule has 0 aliphatic carbocycles. The second kappa shape index (κ2) is 6.88. The van der Waals surface area contributed by atoms with Crippen LogP contribution in [0.4, 0.5) is 5.69 Å². The number of primary amides is 1. The Morgan fingerprint density at radius 1 is 1.38 bits per heavy atom. The first-order chi connectivity index (χ1) is 9.63. The molecule has 1 aromatic carbocycles. The Labute approximate surface area is 125 Å². The predicted molar refractivity (Wildman–Crippen MR) is 82.3 cm³/mol. The molecule has 0 fully saturated rings. The molecule has 1 unspecified atom stereocenters. The lowest BCUT2D eigenvalue weighted by Crippen LogP contribution is -2.35. The van der Waals surface area contributed by atoms with Crippen molar-refractivity contribution in [1.29, 1.82) is 0 Å². The topological polar surface area (TPSA) is 119 Å². The minimum Gasteiger partial charge on any atom is -0.398 e. The zero-order chi connectivity index (χ0) is 16.2. The zero-order valence-corrected chi connectivity index (χ0v) is 13.3. The van der Waals surface area contributed by atoms with Crippen LogP contribution in [0.5, 0.6) is 0 Å². The van der Waals surface area contributed by atoms with Gasteiger partial charge in [-0.2, -0.15) is 0 Å². The summed E-state index contributed by atoms with van der Waals surface area (Å²) in [6.45, 7) is 2.55. The van der Waals surface area contributed by atoms with E-state index in [0.717, 1.165) is 6.54 Å². The number of rotatable bonds is 7. The summed E-state index contributed by atoms with van der Waals surface area (Å²) in [4.78, 5) is 13.0. The molecule has 0 aliphatic rings. The van der Waals surface area contributed by atoms with E-state index in [4.69, 9.17) is 11.5 Å². The van der Waals surface area contributed by atoms with E-state index in [2.05, 4.69) is 4.72 Å². The smallest absolute Gasteiger partial charge is 0.248 e. The van der Waals surface area contributed by atoms with E-state index in [1.807, 2.05) is 19.0 Å². The number of carbonyl (C=O) groups excluding carboxylic acids is 1. The van der Waals surface area contributed by atoms with Crippen molar-refractivity contribution in [1.82, 2.24) is 9.62 Å². The van der Waals surface area contributed by atoms with E-state index in [1.54, 1.807) is 6.92 Å². The molecule has 0 saturated carbocycles. The molecule has 5 N–H and O–H groups in total. The van der Waals surface area contributed by atoms with Crippen LogP contribution >= 0.6 is 0 Å². The number of nitrogens with one attached hydrogen (secondary N) is 1. The number of carbonyl (C=O) groups is 1. The maximum absolute atomic E-state index is 12.3. The third kappa shape index (κ3) is 5.00. The van der Waals surface area contributed by atoms with Gasteiger partial charge in [-0.05, 0) is 52.2 Å². The van der Waals surface area contributed by atoms with E-state index in [1.165, 1.54) is 18.2 Å². The summed E-state index contributed by atoms with van der Waals surface area (Å²) in [5.41, 5.74) is 11.0. The van der Waals surface area contributed by atoms with Crippen molar-refractivity contribution in [2.24, 2.45) is 5.73 Å². The fraction of sp³-hybridized carbons (Fsp3) is 0.462. The fourth-order valence-electron chi connectivity index (χ4n) is 1.79. The van der Waals surface area contributed by atoms with Crippen molar-refractivity contribution in [3.05, 3.63) is 23.8 Å². The molecule has 21 heavy (non-hydrogen) atoms. The Kier molecular flexibility index (Phi) is 5.70. The SMILES string of the molecule is CC(CCN(C)C)NS(=O)(=O)c1ccc(C(N)=O)cc1N. The van der Waals surface area contributed by atoms with Crippen molar-refractivity contribution in [3.8, 4) is 0 Å². The lowest BCUT2D eigenvalue weighted by Gasteiger charge is -2.17. The van der Waals surface area contributed by atoms with Gasteiger partial charge in [-0.3, -0.25) is 4.79 Å². The van der Waals surface area contributed by atoms with Crippen LogP contribution in [0.25, 0.3) is 0 Å². The molecule has 0 aromatic heterocycles. The van der Waals surface area contributed by atoms with Crippen molar-refractivity contribution in [2.75, 3.05) is 26.4 Å². The van der Waals surface area contributed by atoms with Gasteiger partial charge < -0.3 is 16.4 Å². The highest BCUT2D eigenvalue weighted by molar-refractivity contribution is 7.89. The van der Waals surface area contributed by atoms with Crippen molar-refractivity contribution < 1.29 is 13.2 Å². The third-order valence-corrected chi connectivity index (χ3v) is 4.61. The van der Waals surface area contributed by atoms with Crippen LogP contribution in [-0.4, -0.2) is 45.9 Å². The Balaban J connectivity index is 2.90. The Hall–Kier alpha value is -1.64. The second-order valence-corrected chi connectivity index (χ2v) is 6.91. The maximum Gasteiger partial charge on any atom is 0.248 e. The Morgan fingerprint density at radius 2 is 2.00 bits per heavy atom. The average molecular weight is 314 g/mol. The van der Waals surface area contributed by atoms with Gasteiger partial charge in [0, 0.05) is 11.6 Å². The summed E-state index contributed by atoms with van der Waals surface area (Å²) in [5.74, 6) is -0.655. The normalized spacial score (nSPS) is 13.3. The number of benzene rings is 1. The van der Waals surface area contributed by atoms with Crippen LogP contribution in [0.2, 0.25) is 0 Å². The molecule has 118 valence electrons. The van der Waals surface area contributed by atoms with Crippen molar-refractivity contribution >= 4 is 21.6 Å². The first kappa shape index (κ1) is 17.4. The highest BCUT2D eigenvalue weighted by atomic mass is 32.2.